The normalized spacial score (nSPS) is 17.3. The minimum Gasteiger partial charge on any atom is -0.496 e. The smallest absolute Gasteiger partial charge is 0.236 e. The summed E-state index contributed by atoms with van der Waals surface area (Å²) < 4.78 is 32.4. The molecule has 5 rings (SSSR count). The number of hydrogen-bond donors (Lipinski definition) is 1. The number of hydrogen-bond acceptors (Lipinski definition) is 4. The van der Waals surface area contributed by atoms with E-state index in [1.807, 2.05) is 12.1 Å². The maximum atomic E-state index is 13.9. The van der Waals surface area contributed by atoms with E-state index < -0.39 is 6.17 Å². The fraction of sp³-hybridized carbons (Fsp3) is 0.333. The van der Waals surface area contributed by atoms with Crippen LogP contribution >= 0.6 is 0 Å². The average molecular weight is 438 g/mol. The summed E-state index contributed by atoms with van der Waals surface area (Å²) in [5.41, 5.74) is 4.36. The lowest BCUT2D eigenvalue weighted by molar-refractivity contribution is -0.139. The van der Waals surface area contributed by atoms with Crippen LogP contribution in [0.1, 0.15) is 12.1 Å². The Hall–Kier alpha value is -3.26. The largest absolute Gasteiger partial charge is 0.496 e. The van der Waals surface area contributed by atoms with Gasteiger partial charge in [-0.15, -0.1) is 0 Å². The number of aromatic amines is 1. The number of pyridine rings is 1. The van der Waals surface area contributed by atoms with Crippen molar-refractivity contribution in [1.82, 2.24) is 19.8 Å². The maximum absolute atomic E-state index is 13.9. The second kappa shape index (κ2) is 8.35. The molecule has 0 aliphatic carbocycles. The first kappa shape index (κ1) is 20.6. The molecular weight excluding hydrogens is 414 g/mol. The van der Waals surface area contributed by atoms with Gasteiger partial charge in [0.2, 0.25) is 5.91 Å². The van der Waals surface area contributed by atoms with Crippen molar-refractivity contribution in [3.8, 4) is 16.9 Å². The molecular formula is C24H24F2N4O2. The molecule has 0 bridgehead atoms. The fourth-order valence-electron chi connectivity index (χ4n) is 4.34. The van der Waals surface area contributed by atoms with Gasteiger partial charge in [-0.25, -0.2) is 13.8 Å². The Bertz CT molecular complexity index is 1200. The third kappa shape index (κ3) is 3.86. The SMILES string of the molecule is COc1ccc(F)cc1-c1ccnc2[nH]c(C3=CCN(CC(=O)N4CC(F)C4)CC3)cc12. The van der Waals surface area contributed by atoms with Gasteiger partial charge in [-0.05, 0) is 47.9 Å². The summed E-state index contributed by atoms with van der Waals surface area (Å²) in [6.07, 6.45) is 3.71. The molecule has 1 fully saturated rings. The van der Waals surface area contributed by atoms with Gasteiger partial charge in [-0.1, -0.05) is 6.08 Å². The van der Waals surface area contributed by atoms with Crippen LogP contribution < -0.4 is 4.74 Å². The highest BCUT2D eigenvalue weighted by atomic mass is 19.1. The first-order valence-corrected chi connectivity index (χ1v) is 10.7. The Balaban J connectivity index is 1.37. The van der Waals surface area contributed by atoms with Crippen molar-refractivity contribution in [3.63, 3.8) is 0 Å². The highest BCUT2D eigenvalue weighted by molar-refractivity contribution is 5.96. The Morgan fingerprint density at radius 1 is 1.25 bits per heavy atom. The number of nitrogens with zero attached hydrogens (tertiary/aromatic N) is 3. The zero-order valence-corrected chi connectivity index (χ0v) is 17.8. The molecule has 1 saturated heterocycles. The van der Waals surface area contributed by atoms with E-state index in [0.717, 1.165) is 40.8 Å². The Morgan fingerprint density at radius 2 is 2.09 bits per heavy atom. The van der Waals surface area contributed by atoms with Gasteiger partial charge in [0.15, 0.2) is 0 Å². The zero-order valence-electron chi connectivity index (χ0n) is 17.8. The molecule has 0 atom stereocenters. The van der Waals surface area contributed by atoms with E-state index in [2.05, 4.69) is 20.9 Å². The molecule has 1 amide bonds. The summed E-state index contributed by atoms with van der Waals surface area (Å²) in [6.45, 7) is 2.15. The summed E-state index contributed by atoms with van der Waals surface area (Å²) in [7, 11) is 1.57. The van der Waals surface area contributed by atoms with Gasteiger partial charge in [0.05, 0.1) is 26.7 Å². The second-order valence-corrected chi connectivity index (χ2v) is 8.26. The van der Waals surface area contributed by atoms with Crippen LogP contribution in [0.15, 0.2) is 42.6 Å². The van der Waals surface area contributed by atoms with Gasteiger partial charge in [0.25, 0.3) is 0 Å². The summed E-state index contributed by atoms with van der Waals surface area (Å²) in [4.78, 5) is 23.7. The van der Waals surface area contributed by atoms with Crippen molar-refractivity contribution < 1.29 is 18.3 Å². The van der Waals surface area contributed by atoms with Crippen molar-refractivity contribution in [3.05, 3.63) is 54.1 Å². The standard InChI is InChI=1S/C24H24F2N4O2/c1-32-22-3-2-16(25)10-19(22)18-4-7-27-24-20(18)11-21(28-24)15-5-8-29(9-6-15)14-23(31)30-12-17(26)13-30/h2-5,7,10-11,17H,6,8-9,12-14H2,1H3,(H,27,28). The molecule has 0 spiro atoms. The number of methoxy groups -OCH3 is 1. The molecule has 32 heavy (non-hydrogen) atoms. The highest BCUT2D eigenvalue weighted by Crippen LogP contribution is 2.36. The molecule has 0 unspecified atom stereocenters. The third-order valence-corrected chi connectivity index (χ3v) is 6.17. The van der Waals surface area contributed by atoms with Gasteiger partial charge < -0.3 is 14.6 Å². The first-order valence-electron chi connectivity index (χ1n) is 10.7. The lowest BCUT2D eigenvalue weighted by Gasteiger charge is -2.36. The van der Waals surface area contributed by atoms with Gasteiger partial charge >= 0.3 is 0 Å². The maximum Gasteiger partial charge on any atom is 0.236 e. The molecule has 2 aromatic heterocycles. The fourth-order valence-corrected chi connectivity index (χ4v) is 4.34. The molecule has 4 heterocycles. The summed E-state index contributed by atoms with van der Waals surface area (Å²) in [5, 5.41) is 0.892. The van der Waals surface area contributed by atoms with Crippen LogP contribution in [0, 0.1) is 5.82 Å². The Kier molecular flexibility index (Phi) is 5.38. The van der Waals surface area contributed by atoms with Crippen LogP contribution in [0.4, 0.5) is 8.78 Å². The van der Waals surface area contributed by atoms with E-state index in [1.165, 1.54) is 12.1 Å². The summed E-state index contributed by atoms with van der Waals surface area (Å²) >= 11 is 0. The van der Waals surface area contributed by atoms with Crippen molar-refractivity contribution in [2.24, 2.45) is 0 Å². The molecule has 8 heteroatoms. The summed E-state index contributed by atoms with van der Waals surface area (Å²) in [6, 6.07) is 8.37. The quantitative estimate of drug-likeness (QED) is 0.661. The molecule has 1 aromatic carbocycles. The summed E-state index contributed by atoms with van der Waals surface area (Å²) in [5.74, 6) is 0.255. The van der Waals surface area contributed by atoms with E-state index >= 15 is 0 Å². The average Bonchev–Trinajstić information content (AvgIpc) is 3.22. The van der Waals surface area contributed by atoms with Crippen LogP contribution in [0.25, 0.3) is 27.7 Å². The van der Waals surface area contributed by atoms with Crippen molar-refractivity contribution >= 4 is 22.5 Å². The number of H-pyrrole nitrogens is 1. The van der Waals surface area contributed by atoms with Crippen LogP contribution in [-0.4, -0.2) is 71.7 Å². The zero-order chi connectivity index (χ0) is 22.2. The van der Waals surface area contributed by atoms with E-state index in [4.69, 9.17) is 4.74 Å². The van der Waals surface area contributed by atoms with Crippen molar-refractivity contribution in [2.75, 3.05) is 39.8 Å². The van der Waals surface area contributed by atoms with Crippen LogP contribution in [-0.2, 0) is 4.79 Å². The number of nitrogens with one attached hydrogen (secondary N) is 1. The number of rotatable bonds is 5. The van der Waals surface area contributed by atoms with Crippen LogP contribution in [0.5, 0.6) is 5.75 Å². The number of ether oxygens (including phenoxy) is 1. The number of benzene rings is 1. The number of carbonyl (C=O) groups is 1. The molecule has 3 aromatic rings. The van der Waals surface area contributed by atoms with E-state index in [1.54, 1.807) is 24.3 Å². The third-order valence-electron chi connectivity index (χ3n) is 6.17. The molecule has 2 aliphatic rings. The highest BCUT2D eigenvalue weighted by Gasteiger charge is 2.31. The molecule has 6 nitrogen and oxygen atoms in total. The van der Waals surface area contributed by atoms with Crippen molar-refractivity contribution in [2.45, 2.75) is 12.6 Å². The predicted molar refractivity (Wildman–Crippen MR) is 119 cm³/mol. The van der Waals surface area contributed by atoms with Crippen LogP contribution in [0.3, 0.4) is 0 Å². The van der Waals surface area contributed by atoms with Gasteiger partial charge in [0.1, 0.15) is 23.4 Å². The minimum absolute atomic E-state index is 0.0146. The number of likely N-dealkylation sites (tertiary alicyclic amines) is 1. The molecule has 0 radical (unpaired) electrons. The number of aromatic nitrogens is 2. The number of halogens is 2. The lowest BCUT2D eigenvalue weighted by atomic mass is 10.0. The Morgan fingerprint density at radius 3 is 2.81 bits per heavy atom. The van der Waals surface area contributed by atoms with E-state index in [-0.39, 0.29) is 24.8 Å². The van der Waals surface area contributed by atoms with Gasteiger partial charge in [-0.3, -0.25) is 9.69 Å². The topological polar surface area (TPSA) is 61.5 Å². The molecule has 166 valence electrons. The number of amides is 1. The molecule has 1 N–H and O–H groups in total. The monoisotopic (exact) mass is 438 g/mol. The minimum atomic E-state index is -0.875. The molecule has 0 saturated carbocycles. The number of carbonyl (C=O) groups excluding carboxylic acids is 1. The number of alkyl halides is 1. The van der Waals surface area contributed by atoms with E-state index in [9.17, 15) is 13.6 Å². The number of fused-ring (bicyclic) bond motifs is 1. The van der Waals surface area contributed by atoms with Gasteiger partial charge in [0, 0.05) is 35.9 Å². The van der Waals surface area contributed by atoms with Gasteiger partial charge in [-0.2, -0.15) is 0 Å². The predicted octanol–water partition coefficient (Wildman–Crippen LogP) is 3.65. The van der Waals surface area contributed by atoms with Crippen molar-refractivity contribution in [1.29, 1.82) is 0 Å². The van der Waals surface area contributed by atoms with E-state index in [0.29, 0.717) is 24.4 Å². The lowest BCUT2D eigenvalue weighted by Crippen LogP contribution is -2.54. The first-order chi connectivity index (χ1) is 15.5. The Labute approximate surface area is 184 Å². The second-order valence-electron chi connectivity index (χ2n) is 8.26. The van der Waals surface area contributed by atoms with Crippen LogP contribution in [0.2, 0.25) is 0 Å². The molecule has 2 aliphatic heterocycles.